The first-order valence-electron chi connectivity index (χ1n) is 3.45. The lowest BCUT2D eigenvalue weighted by atomic mass is 10.3. The molecule has 0 N–H and O–H groups in total. The molecule has 0 saturated heterocycles. The maximum absolute atomic E-state index is 11.0. The van der Waals surface area contributed by atoms with Gasteiger partial charge >= 0.3 is 0 Å². The quantitative estimate of drug-likeness (QED) is 0.567. The van der Waals surface area contributed by atoms with Crippen molar-refractivity contribution >= 4 is 11.6 Å². The van der Waals surface area contributed by atoms with Gasteiger partial charge in [-0.15, -0.1) is 0 Å². The van der Waals surface area contributed by atoms with Gasteiger partial charge in [-0.2, -0.15) is 14.6 Å². The van der Waals surface area contributed by atoms with Crippen LogP contribution in [-0.2, 0) is 0 Å². The molecule has 0 aliphatic carbocycles. The van der Waals surface area contributed by atoms with Crippen LogP contribution in [0.2, 0.25) is 0 Å². The molecule has 0 bridgehead atoms. The molecule has 0 aliphatic heterocycles. The first-order valence-corrected chi connectivity index (χ1v) is 3.45. The van der Waals surface area contributed by atoms with Gasteiger partial charge in [0, 0.05) is 13.1 Å². The molecule has 0 aromatic carbocycles. The molecule has 0 spiro atoms. The number of rotatable bonds is 1. The third-order valence-electron chi connectivity index (χ3n) is 1.54. The lowest BCUT2D eigenvalue weighted by Gasteiger charge is -1.96. The molecule has 2 aromatic heterocycles. The van der Waals surface area contributed by atoms with Crippen molar-refractivity contribution in [2.24, 2.45) is 0 Å². The number of nitrogens with zero attached hydrogens (tertiary/aromatic N) is 4. The van der Waals surface area contributed by atoms with Gasteiger partial charge in [0.2, 0.25) is 0 Å². The van der Waals surface area contributed by atoms with Crippen LogP contribution in [0, 0.1) is 0 Å². The van der Waals surface area contributed by atoms with Crippen molar-refractivity contribution in [2.45, 2.75) is 6.92 Å². The van der Waals surface area contributed by atoms with Crippen molar-refractivity contribution in [1.82, 2.24) is 19.6 Å². The van der Waals surface area contributed by atoms with Crippen molar-refractivity contribution in [3.8, 4) is 0 Å². The Morgan fingerprint density at radius 2 is 2.33 bits per heavy atom. The van der Waals surface area contributed by atoms with Crippen molar-refractivity contribution in [2.75, 3.05) is 0 Å². The summed E-state index contributed by atoms with van der Waals surface area (Å²) in [6.07, 6.45) is 2.91. The molecule has 12 heavy (non-hydrogen) atoms. The van der Waals surface area contributed by atoms with Gasteiger partial charge in [0.25, 0.3) is 5.78 Å². The van der Waals surface area contributed by atoms with Gasteiger partial charge in [-0.25, -0.2) is 4.98 Å². The number of carbonyl (C=O) groups excluding carboxylic acids is 1. The van der Waals surface area contributed by atoms with E-state index in [1.807, 2.05) is 0 Å². The number of Topliss-reactive ketones (excluding diaryl/α,β-unsaturated/α-hetero) is 1. The van der Waals surface area contributed by atoms with Gasteiger partial charge in [0.05, 0.1) is 0 Å². The molecule has 0 atom stereocenters. The number of aromatic nitrogens is 4. The molecule has 0 fully saturated rings. The highest BCUT2D eigenvalue weighted by atomic mass is 16.1. The second-order valence-electron chi connectivity index (χ2n) is 2.36. The highest BCUT2D eigenvalue weighted by Crippen LogP contribution is 2.00. The maximum Gasteiger partial charge on any atom is 0.252 e. The topological polar surface area (TPSA) is 60.2 Å². The number of fused-ring (bicyclic) bond motifs is 1. The van der Waals surface area contributed by atoms with Crippen molar-refractivity contribution in [3.63, 3.8) is 0 Å². The molecule has 2 heterocycles. The fourth-order valence-corrected chi connectivity index (χ4v) is 1.01. The molecule has 60 valence electrons. The molecule has 0 amide bonds. The lowest BCUT2D eigenvalue weighted by Crippen LogP contribution is -2.04. The minimum absolute atomic E-state index is 0.0482. The number of ketones is 1. The average Bonchev–Trinajstić information content (AvgIpc) is 2.49. The van der Waals surface area contributed by atoms with Crippen LogP contribution in [0.3, 0.4) is 0 Å². The second-order valence-corrected chi connectivity index (χ2v) is 2.36. The minimum Gasteiger partial charge on any atom is -0.293 e. The van der Waals surface area contributed by atoms with E-state index in [-0.39, 0.29) is 5.78 Å². The van der Waals surface area contributed by atoms with E-state index < -0.39 is 0 Å². The Morgan fingerprint density at radius 3 is 3.08 bits per heavy atom. The molecule has 0 radical (unpaired) electrons. The van der Waals surface area contributed by atoms with Gasteiger partial charge < -0.3 is 0 Å². The fraction of sp³-hybridized carbons (Fsp3) is 0.143. The van der Waals surface area contributed by atoms with E-state index in [0.717, 1.165) is 0 Å². The molecule has 5 heteroatoms. The van der Waals surface area contributed by atoms with Crippen molar-refractivity contribution < 1.29 is 4.79 Å². The zero-order valence-corrected chi connectivity index (χ0v) is 6.43. The Hall–Kier alpha value is -1.78. The fourth-order valence-electron chi connectivity index (χ4n) is 1.01. The summed E-state index contributed by atoms with van der Waals surface area (Å²) < 4.78 is 1.42. The summed E-state index contributed by atoms with van der Waals surface area (Å²) >= 11 is 0. The Morgan fingerprint density at radius 1 is 1.50 bits per heavy atom. The van der Waals surface area contributed by atoms with Crippen LogP contribution >= 0.6 is 0 Å². The van der Waals surface area contributed by atoms with Gasteiger partial charge in [0.15, 0.2) is 5.78 Å². The molecule has 5 nitrogen and oxygen atoms in total. The van der Waals surface area contributed by atoms with Crippen LogP contribution in [0.25, 0.3) is 5.78 Å². The van der Waals surface area contributed by atoms with E-state index in [1.54, 1.807) is 12.3 Å². The second kappa shape index (κ2) is 2.37. The van der Waals surface area contributed by atoms with Gasteiger partial charge in [0.1, 0.15) is 12.0 Å². The standard InChI is InChI=1S/C7H6N4O/c1-5(12)6-2-3-8-7-9-4-10-11(6)7/h2-4H,1H3. The van der Waals surface area contributed by atoms with Gasteiger partial charge in [-0.1, -0.05) is 0 Å². The third-order valence-corrected chi connectivity index (χ3v) is 1.54. The van der Waals surface area contributed by atoms with E-state index in [9.17, 15) is 4.79 Å². The zero-order valence-electron chi connectivity index (χ0n) is 6.43. The molecule has 2 aromatic rings. The van der Waals surface area contributed by atoms with Crippen LogP contribution in [0.1, 0.15) is 17.4 Å². The van der Waals surface area contributed by atoms with E-state index in [1.165, 1.54) is 17.8 Å². The van der Waals surface area contributed by atoms with E-state index in [2.05, 4.69) is 15.1 Å². The molecule has 0 aliphatic rings. The lowest BCUT2D eigenvalue weighted by molar-refractivity contribution is 0.101. The van der Waals surface area contributed by atoms with Crippen molar-refractivity contribution in [3.05, 3.63) is 24.3 Å². The molecule has 0 unspecified atom stereocenters. The minimum atomic E-state index is -0.0482. The first kappa shape index (κ1) is 6.90. The largest absolute Gasteiger partial charge is 0.293 e. The summed E-state index contributed by atoms with van der Waals surface area (Å²) in [5.41, 5.74) is 0.498. The predicted octanol–water partition coefficient (Wildman–Crippen LogP) is 0.327. The molecule has 0 saturated carbocycles. The summed E-state index contributed by atoms with van der Waals surface area (Å²) in [4.78, 5) is 18.8. The third kappa shape index (κ3) is 0.868. The summed E-state index contributed by atoms with van der Waals surface area (Å²) in [5, 5.41) is 3.86. The summed E-state index contributed by atoms with van der Waals surface area (Å²) in [6.45, 7) is 1.48. The van der Waals surface area contributed by atoms with E-state index in [0.29, 0.717) is 11.5 Å². The SMILES string of the molecule is CC(=O)c1ccnc2ncnn12. The summed E-state index contributed by atoms with van der Waals surface area (Å²) in [7, 11) is 0. The van der Waals surface area contributed by atoms with Gasteiger partial charge in [-0.05, 0) is 6.07 Å². The Kier molecular flexibility index (Phi) is 1.36. The average molecular weight is 162 g/mol. The maximum atomic E-state index is 11.0. The number of carbonyl (C=O) groups is 1. The van der Waals surface area contributed by atoms with Crippen molar-refractivity contribution in [1.29, 1.82) is 0 Å². The molecule has 2 rings (SSSR count). The van der Waals surface area contributed by atoms with Crippen LogP contribution in [0.15, 0.2) is 18.6 Å². The Labute approximate surface area is 68.1 Å². The Balaban J connectivity index is 2.82. The summed E-state index contributed by atoms with van der Waals surface area (Å²) in [6, 6.07) is 1.62. The van der Waals surface area contributed by atoms with Crippen LogP contribution in [0.4, 0.5) is 0 Å². The highest BCUT2D eigenvalue weighted by Gasteiger charge is 2.05. The van der Waals surface area contributed by atoms with E-state index in [4.69, 9.17) is 0 Å². The Bertz CT molecular complexity index is 434. The van der Waals surface area contributed by atoms with Crippen LogP contribution < -0.4 is 0 Å². The highest BCUT2D eigenvalue weighted by molar-refractivity contribution is 5.92. The molecular weight excluding hydrogens is 156 g/mol. The summed E-state index contributed by atoms with van der Waals surface area (Å²) in [5.74, 6) is 0.399. The monoisotopic (exact) mass is 162 g/mol. The first-order chi connectivity index (χ1) is 5.79. The smallest absolute Gasteiger partial charge is 0.252 e. The number of hydrogen-bond donors (Lipinski definition) is 0. The zero-order chi connectivity index (χ0) is 8.55. The molecular formula is C7H6N4O. The number of hydrogen-bond acceptors (Lipinski definition) is 4. The normalized spacial score (nSPS) is 10.4. The van der Waals surface area contributed by atoms with Crippen LogP contribution in [0.5, 0.6) is 0 Å². The van der Waals surface area contributed by atoms with Crippen LogP contribution in [-0.4, -0.2) is 25.4 Å². The van der Waals surface area contributed by atoms with Gasteiger partial charge in [-0.3, -0.25) is 4.79 Å². The predicted molar refractivity (Wildman–Crippen MR) is 40.8 cm³/mol. The van der Waals surface area contributed by atoms with E-state index >= 15 is 0 Å².